The lowest BCUT2D eigenvalue weighted by Crippen LogP contribution is -2.48. The number of carboxylic acids is 1. The second-order valence-corrected chi connectivity index (χ2v) is 8.87. The Bertz CT molecular complexity index is 1490. The number of carbonyl (C=O) groups is 4. The minimum atomic E-state index is -5.18. The van der Waals surface area contributed by atoms with E-state index < -0.39 is 48.1 Å². The fourth-order valence-electron chi connectivity index (χ4n) is 3.90. The summed E-state index contributed by atoms with van der Waals surface area (Å²) in [5.74, 6) is -4.47. The van der Waals surface area contributed by atoms with Crippen LogP contribution in [-0.4, -0.2) is 45.6 Å². The molecule has 0 saturated carbocycles. The molecule has 0 aliphatic carbocycles. The fourth-order valence-corrected chi connectivity index (χ4v) is 3.90. The minimum absolute atomic E-state index is 0.0330. The Labute approximate surface area is 231 Å². The van der Waals surface area contributed by atoms with E-state index in [9.17, 15) is 42.3 Å². The van der Waals surface area contributed by atoms with Crippen LogP contribution in [-0.2, 0) is 27.5 Å². The van der Waals surface area contributed by atoms with Crippen LogP contribution in [0.4, 0.5) is 23.7 Å². The molecule has 0 fully saturated rings. The van der Waals surface area contributed by atoms with Gasteiger partial charge in [0.2, 0.25) is 5.91 Å². The molecular formula is C28H26F3N3O7. The van der Waals surface area contributed by atoms with E-state index in [0.29, 0.717) is 5.56 Å². The Balaban J connectivity index is 1.94. The molecule has 1 atom stereocenters. The van der Waals surface area contributed by atoms with E-state index in [1.54, 1.807) is 30.3 Å². The van der Waals surface area contributed by atoms with Crippen LogP contribution in [0.25, 0.3) is 11.3 Å². The molecule has 216 valence electrons. The third-order valence-corrected chi connectivity index (χ3v) is 5.84. The van der Waals surface area contributed by atoms with Crippen molar-refractivity contribution in [1.82, 2.24) is 9.88 Å². The maximum Gasteiger partial charge on any atom is 0.452 e. The normalized spacial score (nSPS) is 11.8. The number of nitrogens with one attached hydrogen (secondary N) is 2. The SMILES string of the molecule is CCCC(NC(=O)Cn1c(-c2cccc(C(=O)O)c2)ccc(NC(=O)OCc2ccccc2)c1=O)C(=O)C(F)(F)F. The van der Waals surface area contributed by atoms with E-state index in [1.807, 2.05) is 5.32 Å². The van der Waals surface area contributed by atoms with Crippen LogP contribution >= 0.6 is 0 Å². The number of nitrogens with zero attached hydrogens (tertiary/aromatic N) is 1. The van der Waals surface area contributed by atoms with Crippen LogP contribution in [0.15, 0.2) is 71.5 Å². The average Bonchev–Trinajstić information content (AvgIpc) is 2.93. The lowest BCUT2D eigenvalue weighted by atomic mass is 10.1. The number of rotatable bonds is 11. The molecule has 10 nitrogen and oxygen atoms in total. The number of benzene rings is 2. The number of hydrogen-bond donors (Lipinski definition) is 3. The highest BCUT2D eigenvalue weighted by molar-refractivity contribution is 5.93. The van der Waals surface area contributed by atoms with Gasteiger partial charge in [-0.25, -0.2) is 9.59 Å². The topological polar surface area (TPSA) is 144 Å². The van der Waals surface area contributed by atoms with Crippen molar-refractivity contribution >= 4 is 29.4 Å². The number of halogens is 3. The highest BCUT2D eigenvalue weighted by Gasteiger charge is 2.43. The largest absolute Gasteiger partial charge is 0.478 e. The number of carbonyl (C=O) groups excluding carboxylic acids is 3. The number of aromatic carboxylic acids is 1. The zero-order valence-electron chi connectivity index (χ0n) is 21.7. The molecule has 13 heteroatoms. The smallest absolute Gasteiger partial charge is 0.452 e. The first-order chi connectivity index (χ1) is 19.4. The zero-order chi connectivity index (χ0) is 30.2. The van der Waals surface area contributed by atoms with Crippen molar-refractivity contribution in [2.24, 2.45) is 0 Å². The van der Waals surface area contributed by atoms with Gasteiger partial charge in [-0.2, -0.15) is 13.2 Å². The number of Topliss-reactive ketones (excluding diaryl/α,β-unsaturated/α-hetero) is 1. The summed E-state index contributed by atoms with van der Waals surface area (Å²) in [6.45, 7) is 0.591. The molecule has 3 rings (SSSR count). The fraction of sp³-hybridized carbons (Fsp3) is 0.250. The van der Waals surface area contributed by atoms with Gasteiger partial charge < -0.3 is 15.2 Å². The van der Waals surface area contributed by atoms with E-state index in [1.165, 1.54) is 43.3 Å². The van der Waals surface area contributed by atoms with Crippen molar-refractivity contribution in [3.63, 3.8) is 0 Å². The zero-order valence-corrected chi connectivity index (χ0v) is 21.7. The maximum absolute atomic E-state index is 13.4. The van der Waals surface area contributed by atoms with Crippen LogP contribution in [0.5, 0.6) is 0 Å². The molecule has 3 aromatic rings. The number of carboxylic acid groups (broad SMARTS) is 1. The molecule has 0 saturated heterocycles. The summed E-state index contributed by atoms with van der Waals surface area (Å²) in [4.78, 5) is 61.9. The molecule has 0 spiro atoms. The van der Waals surface area contributed by atoms with Crippen LogP contribution in [0.2, 0.25) is 0 Å². The van der Waals surface area contributed by atoms with Crippen molar-refractivity contribution in [2.45, 2.75) is 45.1 Å². The second kappa shape index (κ2) is 13.4. The molecular weight excluding hydrogens is 547 g/mol. The number of ketones is 1. The molecule has 2 amide bonds. The summed E-state index contributed by atoms with van der Waals surface area (Å²) in [6.07, 6.45) is -6.30. The Morgan fingerprint density at radius 3 is 2.34 bits per heavy atom. The van der Waals surface area contributed by atoms with Crippen molar-refractivity contribution in [1.29, 1.82) is 0 Å². The van der Waals surface area contributed by atoms with Crippen molar-refractivity contribution in [3.05, 3.63) is 88.2 Å². The first-order valence-electron chi connectivity index (χ1n) is 12.4. The molecule has 2 aromatic carbocycles. The molecule has 0 bridgehead atoms. The summed E-state index contributed by atoms with van der Waals surface area (Å²) < 4.78 is 45.1. The monoisotopic (exact) mass is 573 g/mol. The summed E-state index contributed by atoms with van der Waals surface area (Å²) in [6, 6.07) is 14.8. The van der Waals surface area contributed by atoms with Crippen molar-refractivity contribution < 1.29 is 42.2 Å². The number of hydrogen-bond acceptors (Lipinski definition) is 6. The maximum atomic E-state index is 13.4. The Morgan fingerprint density at radius 1 is 1.00 bits per heavy atom. The van der Waals surface area contributed by atoms with Crippen LogP contribution < -0.4 is 16.2 Å². The highest BCUT2D eigenvalue weighted by Crippen LogP contribution is 2.22. The number of alkyl halides is 3. The van der Waals surface area contributed by atoms with Gasteiger partial charge in [0.1, 0.15) is 18.8 Å². The van der Waals surface area contributed by atoms with E-state index in [0.717, 1.165) is 4.57 Å². The lowest BCUT2D eigenvalue weighted by molar-refractivity contribution is -0.174. The molecule has 0 aliphatic rings. The number of anilines is 1. The van der Waals surface area contributed by atoms with Gasteiger partial charge in [-0.3, -0.25) is 24.3 Å². The number of amides is 2. The van der Waals surface area contributed by atoms with E-state index in [4.69, 9.17) is 4.74 Å². The number of ether oxygens (including phenoxy) is 1. The Morgan fingerprint density at radius 2 is 1.71 bits per heavy atom. The molecule has 41 heavy (non-hydrogen) atoms. The Hall–Kier alpha value is -4.94. The van der Waals surface area contributed by atoms with Gasteiger partial charge in [-0.1, -0.05) is 55.8 Å². The van der Waals surface area contributed by atoms with Gasteiger partial charge in [0, 0.05) is 0 Å². The number of aromatic nitrogens is 1. The second-order valence-electron chi connectivity index (χ2n) is 8.87. The molecule has 1 heterocycles. The lowest BCUT2D eigenvalue weighted by Gasteiger charge is -2.20. The molecule has 0 aliphatic heterocycles. The molecule has 1 aromatic heterocycles. The molecule has 3 N–H and O–H groups in total. The predicted molar refractivity (Wildman–Crippen MR) is 141 cm³/mol. The van der Waals surface area contributed by atoms with Crippen molar-refractivity contribution in [3.8, 4) is 11.3 Å². The third-order valence-electron chi connectivity index (χ3n) is 5.84. The standard InChI is InChI=1S/C28H26F3N3O7/c1-2-7-20(24(36)28(29,30)31)32-23(35)15-34-22(18-10-6-11-19(14-18)26(38)39)13-12-21(25(34)37)33-27(40)41-16-17-8-4-3-5-9-17/h3-6,8-14,20H,2,7,15-16H2,1H3,(H,32,35)(H,33,40)(H,38,39). The van der Waals surface area contributed by atoms with Gasteiger partial charge in [-0.05, 0) is 41.8 Å². The quantitative estimate of drug-likeness (QED) is 0.309. The van der Waals surface area contributed by atoms with Gasteiger partial charge in [0.25, 0.3) is 11.3 Å². The highest BCUT2D eigenvalue weighted by atomic mass is 19.4. The molecule has 0 radical (unpaired) electrons. The van der Waals surface area contributed by atoms with Crippen molar-refractivity contribution in [2.75, 3.05) is 5.32 Å². The Kier molecular flexibility index (Phi) is 10.0. The molecule has 1 unspecified atom stereocenters. The first kappa shape index (κ1) is 30.6. The van der Waals surface area contributed by atoms with E-state index in [-0.39, 0.29) is 42.0 Å². The van der Waals surface area contributed by atoms with E-state index >= 15 is 0 Å². The van der Waals surface area contributed by atoms with Crippen LogP contribution in [0.1, 0.15) is 35.7 Å². The van der Waals surface area contributed by atoms with Gasteiger partial charge in [0.05, 0.1) is 17.3 Å². The van der Waals surface area contributed by atoms with Gasteiger partial charge in [-0.15, -0.1) is 0 Å². The predicted octanol–water partition coefficient (Wildman–Crippen LogP) is 4.38. The van der Waals surface area contributed by atoms with E-state index in [2.05, 4.69) is 5.32 Å². The van der Waals surface area contributed by atoms with Crippen LogP contribution in [0, 0.1) is 0 Å². The summed E-state index contributed by atoms with van der Waals surface area (Å²) in [5.41, 5.74) is -0.457. The minimum Gasteiger partial charge on any atom is -0.478 e. The summed E-state index contributed by atoms with van der Waals surface area (Å²) >= 11 is 0. The number of pyridine rings is 1. The van der Waals surface area contributed by atoms with Gasteiger partial charge >= 0.3 is 18.2 Å². The third kappa shape index (κ3) is 8.27. The summed E-state index contributed by atoms with van der Waals surface area (Å²) in [5, 5.41) is 13.7. The first-order valence-corrected chi connectivity index (χ1v) is 12.4. The average molecular weight is 574 g/mol. The van der Waals surface area contributed by atoms with Crippen LogP contribution in [0.3, 0.4) is 0 Å². The van der Waals surface area contributed by atoms with Gasteiger partial charge in [0.15, 0.2) is 0 Å². The summed E-state index contributed by atoms with van der Waals surface area (Å²) in [7, 11) is 0.